The van der Waals surface area contributed by atoms with Crippen molar-refractivity contribution in [2.24, 2.45) is 0 Å². The van der Waals surface area contributed by atoms with Gasteiger partial charge in [-0.2, -0.15) is 0 Å². The molecule has 1 atom stereocenters. The zero-order chi connectivity index (χ0) is 8.72. The molecule has 1 aliphatic heterocycles. The van der Waals surface area contributed by atoms with Crippen molar-refractivity contribution in [3.05, 3.63) is 17.7 Å². The van der Waals surface area contributed by atoms with Crippen molar-refractivity contribution in [2.45, 2.75) is 19.4 Å². The van der Waals surface area contributed by atoms with Crippen LogP contribution in [0.15, 0.2) is 12.1 Å². The number of nitrogens with two attached hydrogens (primary N) is 2. The van der Waals surface area contributed by atoms with Gasteiger partial charge in [0.15, 0.2) is 0 Å². The van der Waals surface area contributed by atoms with Gasteiger partial charge in [-0.1, -0.05) is 0 Å². The molecule has 1 unspecified atom stereocenters. The average molecular weight is 163 g/mol. The molecule has 64 valence electrons. The first kappa shape index (κ1) is 7.28. The van der Waals surface area contributed by atoms with Crippen LogP contribution in [-0.4, -0.2) is 6.04 Å². The zero-order valence-corrected chi connectivity index (χ0v) is 7.09. The van der Waals surface area contributed by atoms with Gasteiger partial charge in [0.05, 0.1) is 11.4 Å². The van der Waals surface area contributed by atoms with Crippen molar-refractivity contribution in [3.63, 3.8) is 0 Å². The number of nitrogens with one attached hydrogen (secondary N) is 1. The van der Waals surface area contributed by atoms with E-state index in [-0.39, 0.29) is 0 Å². The quantitative estimate of drug-likeness (QED) is 0.504. The summed E-state index contributed by atoms with van der Waals surface area (Å²) in [6.45, 7) is 2.15. The fourth-order valence-electron chi connectivity index (χ4n) is 1.63. The normalized spacial score (nSPS) is 20.2. The van der Waals surface area contributed by atoms with E-state index in [0.29, 0.717) is 17.4 Å². The number of hydrogen-bond acceptors (Lipinski definition) is 3. The Morgan fingerprint density at radius 1 is 1.33 bits per heavy atom. The zero-order valence-electron chi connectivity index (χ0n) is 7.09. The Bertz CT molecular complexity index is 289. The van der Waals surface area contributed by atoms with Crippen molar-refractivity contribution >= 4 is 17.1 Å². The molecule has 1 aliphatic rings. The van der Waals surface area contributed by atoms with E-state index in [2.05, 4.69) is 12.2 Å². The molecule has 0 aromatic heterocycles. The Morgan fingerprint density at radius 3 is 2.75 bits per heavy atom. The van der Waals surface area contributed by atoms with Crippen molar-refractivity contribution in [1.82, 2.24) is 0 Å². The minimum absolute atomic E-state index is 0.501. The highest BCUT2D eigenvalue weighted by Crippen LogP contribution is 2.31. The summed E-state index contributed by atoms with van der Waals surface area (Å²) in [5.41, 5.74) is 15.1. The lowest BCUT2D eigenvalue weighted by Gasteiger charge is -2.04. The predicted molar refractivity (Wildman–Crippen MR) is 52.1 cm³/mol. The first-order chi connectivity index (χ1) is 5.66. The molecular formula is C9H13N3. The number of nitrogen functional groups attached to an aromatic ring is 2. The van der Waals surface area contributed by atoms with Crippen molar-refractivity contribution in [1.29, 1.82) is 0 Å². The van der Waals surface area contributed by atoms with E-state index in [1.807, 2.05) is 12.1 Å². The summed E-state index contributed by atoms with van der Waals surface area (Å²) >= 11 is 0. The molecule has 0 aliphatic carbocycles. The number of fused-ring (bicyclic) bond motifs is 1. The molecule has 1 aromatic rings. The van der Waals surface area contributed by atoms with Gasteiger partial charge >= 0.3 is 0 Å². The van der Waals surface area contributed by atoms with Crippen LogP contribution in [0.3, 0.4) is 0 Å². The third-order valence-electron chi connectivity index (χ3n) is 2.24. The predicted octanol–water partition coefficient (Wildman–Crippen LogP) is 1.21. The first-order valence-corrected chi connectivity index (χ1v) is 4.11. The molecule has 1 aromatic carbocycles. The molecule has 2 rings (SSSR count). The Balaban J connectivity index is 2.48. The SMILES string of the molecule is CC1Cc2cc(N)c(N)cc2N1. The minimum Gasteiger partial charge on any atom is -0.397 e. The fourth-order valence-corrected chi connectivity index (χ4v) is 1.63. The second kappa shape index (κ2) is 2.30. The Morgan fingerprint density at radius 2 is 2.00 bits per heavy atom. The van der Waals surface area contributed by atoms with Crippen LogP contribution in [0.25, 0.3) is 0 Å². The summed E-state index contributed by atoms with van der Waals surface area (Å²) in [5, 5.41) is 3.33. The second-order valence-corrected chi connectivity index (χ2v) is 3.39. The molecule has 5 N–H and O–H groups in total. The molecule has 0 fully saturated rings. The lowest BCUT2D eigenvalue weighted by Crippen LogP contribution is -2.08. The topological polar surface area (TPSA) is 64.1 Å². The van der Waals surface area contributed by atoms with Gasteiger partial charge < -0.3 is 16.8 Å². The standard InChI is InChI=1S/C9H13N3/c1-5-2-6-3-7(10)8(11)4-9(6)12-5/h3-5,12H,2,10-11H2,1H3. The molecular weight excluding hydrogens is 150 g/mol. The molecule has 0 radical (unpaired) electrons. The van der Waals surface area contributed by atoms with E-state index in [9.17, 15) is 0 Å². The second-order valence-electron chi connectivity index (χ2n) is 3.39. The van der Waals surface area contributed by atoms with Gasteiger partial charge in [0.2, 0.25) is 0 Å². The lowest BCUT2D eigenvalue weighted by atomic mass is 10.1. The largest absolute Gasteiger partial charge is 0.397 e. The highest BCUT2D eigenvalue weighted by atomic mass is 14.9. The summed E-state index contributed by atoms with van der Waals surface area (Å²) in [5.74, 6) is 0. The molecule has 3 heteroatoms. The molecule has 12 heavy (non-hydrogen) atoms. The summed E-state index contributed by atoms with van der Waals surface area (Å²) in [6.07, 6.45) is 1.04. The van der Waals surface area contributed by atoms with Gasteiger partial charge in [-0.25, -0.2) is 0 Å². The van der Waals surface area contributed by atoms with E-state index < -0.39 is 0 Å². The molecule has 0 saturated carbocycles. The van der Waals surface area contributed by atoms with E-state index in [1.165, 1.54) is 5.56 Å². The van der Waals surface area contributed by atoms with Gasteiger partial charge in [0.1, 0.15) is 0 Å². The van der Waals surface area contributed by atoms with Crippen LogP contribution in [0.4, 0.5) is 17.1 Å². The van der Waals surface area contributed by atoms with Crippen molar-refractivity contribution in [2.75, 3.05) is 16.8 Å². The van der Waals surface area contributed by atoms with E-state index >= 15 is 0 Å². The third kappa shape index (κ3) is 0.978. The van der Waals surface area contributed by atoms with Crippen molar-refractivity contribution in [3.8, 4) is 0 Å². The Hall–Kier alpha value is -1.38. The molecule has 1 heterocycles. The van der Waals surface area contributed by atoms with Crippen LogP contribution in [0, 0.1) is 0 Å². The number of hydrogen-bond donors (Lipinski definition) is 3. The number of anilines is 3. The molecule has 0 bridgehead atoms. The maximum absolute atomic E-state index is 5.69. The summed E-state index contributed by atoms with van der Waals surface area (Å²) in [7, 11) is 0. The van der Waals surface area contributed by atoms with Gasteiger partial charge in [-0.15, -0.1) is 0 Å². The lowest BCUT2D eigenvalue weighted by molar-refractivity contribution is 0.839. The van der Waals surface area contributed by atoms with Crippen LogP contribution in [-0.2, 0) is 6.42 Å². The van der Waals surface area contributed by atoms with Crippen LogP contribution in [0.2, 0.25) is 0 Å². The highest BCUT2D eigenvalue weighted by molar-refractivity contribution is 5.74. The first-order valence-electron chi connectivity index (χ1n) is 4.11. The Kier molecular flexibility index (Phi) is 1.40. The fraction of sp³-hybridized carbons (Fsp3) is 0.333. The maximum atomic E-state index is 5.69. The monoisotopic (exact) mass is 163 g/mol. The van der Waals surface area contributed by atoms with Crippen molar-refractivity contribution < 1.29 is 0 Å². The molecule has 0 saturated heterocycles. The van der Waals surface area contributed by atoms with Crippen LogP contribution in [0.5, 0.6) is 0 Å². The van der Waals surface area contributed by atoms with Crippen LogP contribution < -0.4 is 16.8 Å². The van der Waals surface area contributed by atoms with Gasteiger partial charge in [-0.3, -0.25) is 0 Å². The van der Waals surface area contributed by atoms with Crippen LogP contribution in [0.1, 0.15) is 12.5 Å². The average Bonchev–Trinajstić information content (AvgIpc) is 2.30. The maximum Gasteiger partial charge on any atom is 0.0568 e. The summed E-state index contributed by atoms with van der Waals surface area (Å²) in [4.78, 5) is 0. The number of rotatable bonds is 0. The summed E-state index contributed by atoms with van der Waals surface area (Å²) < 4.78 is 0. The highest BCUT2D eigenvalue weighted by Gasteiger charge is 2.17. The molecule has 0 amide bonds. The summed E-state index contributed by atoms with van der Waals surface area (Å²) in [6, 6.07) is 4.37. The van der Waals surface area contributed by atoms with E-state index in [0.717, 1.165) is 12.1 Å². The third-order valence-corrected chi connectivity index (χ3v) is 2.24. The molecule has 3 nitrogen and oxygen atoms in total. The smallest absolute Gasteiger partial charge is 0.0568 e. The van der Waals surface area contributed by atoms with E-state index in [4.69, 9.17) is 11.5 Å². The van der Waals surface area contributed by atoms with E-state index in [1.54, 1.807) is 0 Å². The minimum atomic E-state index is 0.501. The van der Waals surface area contributed by atoms with Gasteiger partial charge in [-0.05, 0) is 31.0 Å². The van der Waals surface area contributed by atoms with Gasteiger partial charge in [0.25, 0.3) is 0 Å². The molecule has 0 spiro atoms. The number of benzene rings is 1. The van der Waals surface area contributed by atoms with Crippen LogP contribution >= 0.6 is 0 Å². The van der Waals surface area contributed by atoms with Gasteiger partial charge in [0, 0.05) is 11.7 Å². The Labute approximate surface area is 71.8 Å².